The quantitative estimate of drug-likeness (QED) is 0.199. The number of methoxy groups -OCH3 is 2. The predicted octanol–water partition coefficient (Wildman–Crippen LogP) is 4.20. The van der Waals surface area contributed by atoms with Crippen molar-refractivity contribution in [3.8, 4) is 5.75 Å². The molecule has 2 aromatic rings. The fraction of sp³-hybridized carbons (Fsp3) is 0.357. The van der Waals surface area contributed by atoms with E-state index in [2.05, 4.69) is 5.32 Å². The monoisotopic (exact) mass is 524 g/mol. The number of hydrogen-bond acceptors (Lipinski definition) is 9. The van der Waals surface area contributed by atoms with Gasteiger partial charge in [0.15, 0.2) is 0 Å². The standard InChI is InChI=1S/C28H32N2O8/c1-17(35-4)15-20-9-11-23(12-10-20)37-13-14-38-28(32)25-19(3)29-18(2)24(27(31)36-5)26(25)21-7-6-8-22(16-21)30(33)34/h6-12,16-17,26,29H,13-15H2,1-5H3/t17-,26?/m0/s1. The Morgan fingerprint density at radius 3 is 2.26 bits per heavy atom. The smallest absolute Gasteiger partial charge is 0.336 e. The van der Waals surface area contributed by atoms with Gasteiger partial charge in [-0.15, -0.1) is 0 Å². The highest BCUT2D eigenvalue weighted by Gasteiger charge is 2.38. The fourth-order valence-corrected chi connectivity index (χ4v) is 4.31. The van der Waals surface area contributed by atoms with Crippen LogP contribution in [0.3, 0.4) is 0 Å². The molecule has 0 saturated carbocycles. The molecule has 2 atom stereocenters. The third-order valence-corrected chi connectivity index (χ3v) is 6.23. The van der Waals surface area contributed by atoms with E-state index in [1.165, 1.54) is 25.3 Å². The number of carbonyl (C=O) groups excluding carboxylic acids is 2. The van der Waals surface area contributed by atoms with E-state index >= 15 is 0 Å². The van der Waals surface area contributed by atoms with Gasteiger partial charge in [-0.3, -0.25) is 10.1 Å². The number of non-ortho nitro benzene ring substituents is 1. The minimum Gasteiger partial charge on any atom is -0.490 e. The molecule has 1 unspecified atom stereocenters. The van der Waals surface area contributed by atoms with Crippen LogP contribution in [0.5, 0.6) is 5.75 Å². The number of nitrogens with zero attached hydrogens (tertiary/aromatic N) is 1. The number of nitrogens with one attached hydrogen (secondary N) is 1. The summed E-state index contributed by atoms with van der Waals surface area (Å²) in [6.07, 6.45) is 0.891. The molecule has 1 aliphatic heterocycles. The average Bonchev–Trinajstić information content (AvgIpc) is 2.91. The molecule has 1 heterocycles. The molecule has 10 heteroatoms. The first-order valence-electron chi connectivity index (χ1n) is 12.1. The van der Waals surface area contributed by atoms with Crippen LogP contribution in [-0.4, -0.2) is 50.4 Å². The molecule has 1 N–H and O–H groups in total. The summed E-state index contributed by atoms with van der Waals surface area (Å²) in [5, 5.41) is 14.4. The van der Waals surface area contributed by atoms with Crippen LogP contribution in [0.4, 0.5) is 5.69 Å². The van der Waals surface area contributed by atoms with Crippen LogP contribution in [0.1, 0.15) is 37.8 Å². The summed E-state index contributed by atoms with van der Waals surface area (Å²) >= 11 is 0. The number of nitro benzene ring substituents is 1. The summed E-state index contributed by atoms with van der Waals surface area (Å²) in [6, 6.07) is 13.4. The highest BCUT2D eigenvalue weighted by atomic mass is 16.6. The Hall–Kier alpha value is -4.18. The first-order valence-corrected chi connectivity index (χ1v) is 12.1. The van der Waals surface area contributed by atoms with Crippen molar-refractivity contribution in [3.05, 3.63) is 92.3 Å². The van der Waals surface area contributed by atoms with Crippen molar-refractivity contribution in [2.45, 2.75) is 39.2 Å². The van der Waals surface area contributed by atoms with Gasteiger partial charge in [-0.25, -0.2) is 9.59 Å². The van der Waals surface area contributed by atoms with Gasteiger partial charge in [0, 0.05) is 30.6 Å². The van der Waals surface area contributed by atoms with E-state index in [-0.39, 0.29) is 36.2 Å². The van der Waals surface area contributed by atoms with E-state index < -0.39 is 22.8 Å². The minimum atomic E-state index is -0.918. The lowest BCUT2D eigenvalue weighted by molar-refractivity contribution is -0.384. The Morgan fingerprint density at radius 1 is 1.00 bits per heavy atom. The van der Waals surface area contributed by atoms with E-state index in [0.717, 1.165) is 12.0 Å². The summed E-state index contributed by atoms with van der Waals surface area (Å²) in [4.78, 5) is 36.8. The summed E-state index contributed by atoms with van der Waals surface area (Å²) in [7, 11) is 2.91. The lowest BCUT2D eigenvalue weighted by Crippen LogP contribution is -2.32. The number of allylic oxidation sites excluding steroid dienone is 2. The first-order chi connectivity index (χ1) is 18.2. The van der Waals surface area contributed by atoms with Crippen molar-refractivity contribution in [2.24, 2.45) is 0 Å². The van der Waals surface area contributed by atoms with E-state index in [0.29, 0.717) is 22.7 Å². The normalized spacial score (nSPS) is 16.0. The Labute approximate surface area is 221 Å². The molecule has 10 nitrogen and oxygen atoms in total. The Bertz CT molecular complexity index is 1250. The number of dihydropyridines is 1. The van der Waals surface area contributed by atoms with E-state index in [4.69, 9.17) is 18.9 Å². The molecule has 2 aromatic carbocycles. The van der Waals surface area contributed by atoms with E-state index in [1.807, 2.05) is 31.2 Å². The zero-order chi connectivity index (χ0) is 27.8. The van der Waals surface area contributed by atoms with Crippen LogP contribution < -0.4 is 10.1 Å². The molecule has 0 fully saturated rings. The summed E-state index contributed by atoms with van der Waals surface area (Å²) in [5.41, 5.74) is 2.63. The molecular weight excluding hydrogens is 492 g/mol. The number of benzene rings is 2. The van der Waals surface area contributed by atoms with Gasteiger partial charge in [0.05, 0.1) is 35.2 Å². The lowest BCUT2D eigenvalue weighted by atomic mass is 9.80. The van der Waals surface area contributed by atoms with Crippen molar-refractivity contribution in [3.63, 3.8) is 0 Å². The molecule has 0 spiro atoms. The summed E-state index contributed by atoms with van der Waals surface area (Å²) < 4.78 is 21.5. The van der Waals surface area contributed by atoms with Crippen LogP contribution in [0, 0.1) is 10.1 Å². The molecule has 0 bridgehead atoms. The van der Waals surface area contributed by atoms with Gasteiger partial charge in [0.25, 0.3) is 5.69 Å². The van der Waals surface area contributed by atoms with Gasteiger partial charge in [-0.2, -0.15) is 0 Å². The number of nitro groups is 1. The molecule has 202 valence electrons. The number of rotatable bonds is 11. The second kappa shape index (κ2) is 12.9. The maximum absolute atomic E-state index is 13.3. The second-order valence-corrected chi connectivity index (χ2v) is 8.86. The first kappa shape index (κ1) is 28.4. The highest BCUT2D eigenvalue weighted by Crippen LogP contribution is 2.40. The fourth-order valence-electron chi connectivity index (χ4n) is 4.31. The molecule has 0 saturated heterocycles. The number of hydrogen-bond donors (Lipinski definition) is 1. The average molecular weight is 525 g/mol. The third-order valence-electron chi connectivity index (χ3n) is 6.23. The van der Waals surface area contributed by atoms with Crippen LogP contribution >= 0.6 is 0 Å². The Morgan fingerprint density at radius 2 is 1.66 bits per heavy atom. The van der Waals surface area contributed by atoms with Crippen LogP contribution in [-0.2, 0) is 30.2 Å². The largest absolute Gasteiger partial charge is 0.490 e. The van der Waals surface area contributed by atoms with Gasteiger partial charge in [0.1, 0.15) is 19.0 Å². The predicted molar refractivity (Wildman–Crippen MR) is 139 cm³/mol. The van der Waals surface area contributed by atoms with E-state index in [1.54, 1.807) is 27.0 Å². The number of ether oxygens (including phenoxy) is 4. The zero-order valence-corrected chi connectivity index (χ0v) is 22.1. The van der Waals surface area contributed by atoms with Crippen LogP contribution in [0.2, 0.25) is 0 Å². The maximum Gasteiger partial charge on any atom is 0.336 e. The van der Waals surface area contributed by atoms with Gasteiger partial charge in [-0.05, 0) is 50.5 Å². The molecule has 1 aliphatic rings. The van der Waals surface area contributed by atoms with Crippen molar-refractivity contribution in [2.75, 3.05) is 27.4 Å². The SMILES string of the molecule is COC(=O)C1=C(C)NC(C)=C(C(=O)OCCOc2ccc(C[C@H](C)OC)cc2)C1c1cccc([N+](=O)[O-])c1. The van der Waals surface area contributed by atoms with Gasteiger partial charge in [-0.1, -0.05) is 24.3 Å². The molecule has 0 amide bonds. The van der Waals surface area contributed by atoms with Crippen molar-refractivity contribution < 1.29 is 33.5 Å². The maximum atomic E-state index is 13.3. The summed E-state index contributed by atoms with van der Waals surface area (Å²) in [5.74, 6) is -1.62. The second-order valence-electron chi connectivity index (χ2n) is 8.86. The topological polar surface area (TPSA) is 126 Å². The van der Waals surface area contributed by atoms with Crippen molar-refractivity contribution in [1.29, 1.82) is 0 Å². The van der Waals surface area contributed by atoms with Crippen molar-refractivity contribution in [1.82, 2.24) is 5.32 Å². The molecule has 0 radical (unpaired) electrons. The van der Waals surface area contributed by atoms with Crippen LogP contribution in [0.15, 0.2) is 71.1 Å². The van der Waals surface area contributed by atoms with E-state index in [9.17, 15) is 19.7 Å². The molecule has 38 heavy (non-hydrogen) atoms. The lowest BCUT2D eigenvalue weighted by Gasteiger charge is -2.30. The highest BCUT2D eigenvalue weighted by molar-refractivity contribution is 5.99. The minimum absolute atomic E-state index is 0.0456. The molecule has 0 aliphatic carbocycles. The van der Waals surface area contributed by atoms with Gasteiger partial charge in [0.2, 0.25) is 0 Å². The van der Waals surface area contributed by atoms with Crippen molar-refractivity contribution >= 4 is 17.6 Å². The zero-order valence-electron chi connectivity index (χ0n) is 22.1. The summed E-state index contributed by atoms with van der Waals surface area (Å²) in [6.45, 7) is 5.42. The molecular formula is C28H32N2O8. The molecule has 0 aromatic heterocycles. The third kappa shape index (κ3) is 6.77. The van der Waals surface area contributed by atoms with Gasteiger partial charge < -0.3 is 24.3 Å². The molecule has 3 rings (SSSR count). The Balaban J connectivity index is 1.75. The Kier molecular flexibility index (Phi) is 9.61. The van der Waals surface area contributed by atoms with Crippen LogP contribution in [0.25, 0.3) is 0 Å². The number of esters is 2. The van der Waals surface area contributed by atoms with Gasteiger partial charge >= 0.3 is 11.9 Å². The number of carbonyl (C=O) groups is 2.